The van der Waals surface area contributed by atoms with E-state index in [2.05, 4.69) is 6.07 Å². The minimum absolute atomic E-state index is 0.484. The van der Waals surface area contributed by atoms with E-state index in [1.807, 2.05) is 16.5 Å². The average Bonchev–Trinajstić information content (AvgIpc) is 2.17. The van der Waals surface area contributed by atoms with Gasteiger partial charge in [-0.1, -0.05) is 0 Å². The van der Waals surface area contributed by atoms with Crippen LogP contribution in [0.25, 0.3) is 0 Å². The average molecular weight is 346 g/mol. The number of nitrogens with zero attached hydrogens (tertiary/aromatic N) is 1. The van der Waals surface area contributed by atoms with Crippen LogP contribution in [0.1, 0.15) is 0 Å². The van der Waals surface area contributed by atoms with Crippen molar-refractivity contribution in [2.75, 3.05) is 11.9 Å². The van der Waals surface area contributed by atoms with Crippen molar-refractivity contribution in [3.05, 3.63) is 24.3 Å². The van der Waals surface area contributed by atoms with Crippen molar-refractivity contribution in [3.8, 4) is 0 Å². The third-order valence-corrected chi connectivity index (χ3v) is 2.78. The van der Waals surface area contributed by atoms with Gasteiger partial charge < -0.3 is 0 Å². The number of rotatable bonds is 3. The molecule has 0 aliphatic heterocycles. The van der Waals surface area contributed by atoms with E-state index in [0.29, 0.717) is 5.46 Å². The standard InChI is InChI=1S/C8H9BNO2.W/c1-10(2)8-5-3-4-7(6-8)9(11)12;/h1,3-4,6,11-12H,2H3;/q-1;. The number of hydrogen-bond acceptors (Lipinski definition) is 3. The van der Waals surface area contributed by atoms with Crippen molar-refractivity contribution in [1.29, 1.82) is 0 Å². The Morgan fingerprint density at radius 2 is 2.31 bits per heavy atom. The second kappa shape index (κ2) is 4.70. The van der Waals surface area contributed by atoms with E-state index in [4.69, 9.17) is 10.0 Å². The Kier molecular flexibility index (Phi) is 3.85. The normalized spacial score (nSPS) is 9.46. The molecule has 0 bridgehead atoms. The maximum absolute atomic E-state index is 8.92. The predicted octanol–water partition coefficient (Wildman–Crippen LogP) is -1.09. The quantitative estimate of drug-likeness (QED) is 0.540. The summed E-state index contributed by atoms with van der Waals surface area (Å²) in [5, 5.41) is 17.8. The van der Waals surface area contributed by atoms with Crippen molar-refractivity contribution < 1.29 is 29.4 Å². The van der Waals surface area contributed by atoms with Gasteiger partial charge in [-0.15, -0.1) is 0 Å². The molecule has 68 valence electrons. The zero-order valence-electron chi connectivity index (χ0n) is 7.14. The first kappa shape index (κ1) is 10.6. The van der Waals surface area contributed by atoms with Crippen LogP contribution in [0.4, 0.5) is 5.69 Å². The van der Waals surface area contributed by atoms with Crippen molar-refractivity contribution in [3.63, 3.8) is 0 Å². The van der Waals surface area contributed by atoms with Gasteiger partial charge in [-0.2, -0.15) is 0 Å². The van der Waals surface area contributed by atoms with Gasteiger partial charge in [0.15, 0.2) is 0 Å². The molecular formula is C8H9BNO2W-. The molecule has 0 unspecified atom stereocenters. The maximum atomic E-state index is 8.92. The number of hydrogen-bond donors (Lipinski definition) is 2. The zero-order chi connectivity index (χ0) is 9.84. The number of benzene rings is 1. The molecule has 0 aliphatic carbocycles. The van der Waals surface area contributed by atoms with Crippen LogP contribution < -0.4 is 10.4 Å². The molecule has 13 heavy (non-hydrogen) atoms. The van der Waals surface area contributed by atoms with E-state index < -0.39 is 7.12 Å². The van der Waals surface area contributed by atoms with E-state index in [-0.39, 0.29) is 0 Å². The van der Waals surface area contributed by atoms with Gasteiger partial charge in [0.25, 0.3) is 0 Å². The van der Waals surface area contributed by atoms with Crippen LogP contribution >= 0.6 is 0 Å². The van der Waals surface area contributed by atoms with E-state index in [0.717, 1.165) is 5.69 Å². The van der Waals surface area contributed by atoms with Crippen molar-refractivity contribution >= 4 is 22.8 Å². The molecule has 0 aliphatic rings. The van der Waals surface area contributed by atoms with Gasteiger partial charge in [-0.05, 0) is 0 Å². The summed E-state index contributed by atoms with van der Waals surface area (Å²) in [5.74, 6) is 0. The Morgan fingerprint density at radius 1 is 1.62 bits per heavy atom. The molecule has 3 nitrogen and oxygen atoms in total. The second-order valence-corrected chi connectivity index (χ2v) is 3.35. The second-order valence-electron chi connectivity index (χ2n) is 2.60. The van der Waals surface area contributed by atoms with Gasteiger partial charge in [-0.25, -0.2) is 0 Å². The van der Waals surface area contributed by atoms with Crippen LogP contribution in [0.15, 0.2) is 18.2 Å². The Hall–Kier alpha value is -0.437. The molecule has 0 saturated carbocycles. The molecule has 0 amide bonds. The van der Waals surface area contributed by atoms with Crippen LogP contribution in [0.2, 0.25) is 0 Å². The van der Waals surface area contributed by atoms with E-state index >= 15 is 0 Å². The molecule has 0 atom stereocenters. The first-order chi connectivity index (χ1) is 6.15. The third kappa shape index (κ3) is 2.76. The Labute approximate surface area is 88.6 Å². The fourth-order valence-electron chi connectivity index (χ4n) is 0.892. The Bertz CT molecular complexity index is 306. The molecule has 0 spiro atoms. The first-order valence-electron chi connectivity index (χ1n) is 3.71. The summed E-state index contributed by atoms with van der Waals surface area (Å²) >= 11 is 1.33. The van der Waals surface area contributed by atoms with Crippen LogP contribution in [0.5, 0.6) is 0 Å². The van der Waals surface area contributed by atoms with Gasteiger partial charge in [0.1, 0.15) is 0 Å². The van der Waals surface area contributed by atoms with Crippen molar-refractivity contribution in [2.24, 2.45) is 0 Å². The Morgan fingerprint density at radius 3 is 2.85 bits per heavy atom. The summed E-state index contributed by atoms with van der Waals surface area (Å²) in [6.45, 7) is 0. The van der Waals surface area contributed by atoms with Crippen LogP contribution in [0.3, 0.4) is 0 Å². The van der Waals surface area contributed by atoms with Crippen LogP contribution in [-0.4, -0.2) is 28.7 Å². The minimum atomic E-state index is -1.41. The molecule has 1 aromatic carbocycles. The summed E-state index contributed by atoms with van der Waals surface area (Å²) in [6.07, 6.45) is 0. The zero-order valence-corrected chi connectivity index (χ0v) is 10.1. The molecule has 2 N–H and O–H groups in total. The molecule has 0 fully saturated rings. The Balaban J connectivity index is 2.97. The predicted molar refractivity (Wildman–Crippen MR) is 49.6 cm³/mol. The molecule has 0 saturated heterocycles. The fourth-order valence-corrected chi connectivity index (χ4v) is 1.30. The first-order valence-corrected chi connectivity index (χ1v) is 5.40. The van der Waals surface area contributed by atoms with Gasteiger partial charge in [-0.3, -0.25) is 0 Å². The number of anilines is 1. The molecule has 1 rings (SSSR count). The van der Waals surface area contributed by atoms with Gasteiger partial charge in [0.05, 0.1) is 0 Å². The SMILES string of the molecule is CN([CH]=[W])c1[c-]ccc(B(O)O)c1. The van der Waals surface area contributed by atoms with Crippen LogP contribution in [-0.2, 0) is 19.4 Å². The van der Waals surface area contributed by atoms with E-state index in [1.54, 1.807) is 18.2 Å². The van der Waals surface area contributed by atoms with E-state index in [1.165, 1.54) is 19.4 Å². The molecule has 1 aromatic rings. The van der Waals surface area contributed by atoms with Crippen LogP contribution in [0, 0.1) is 6.07 Å². The third-order valence-electron chi connectivity index (χ3n) is 1.65. The van der Waals surface area contributed by atoms with Gasteiger partial charge in [0.2, 0.25) is 0 Å². The molecule has 0 aromatic heterocycles. The monoisotopic (exact) mass is 346 g/mol. The molecule has 5 heteroatoms. The topological polar surface area (TPSA) is 43.7 Å². The van der Waals surface area contributed by atoms with Crippen molar-refractivity contribution in [2.45, 2.75) is 0 Å². The summed E-state index contributed by atoms with van der Waals surface area (Å²) in [7, 11) is 0.484. The fraction of sp³-hybridized carbons (Fsp3) is 0.125. The summed E-state index contributed by atoms with van der Waals surface area (Å²) < 4.78 is 1.96. The van der Waals surface area contributed by atoms with Gasteiger partial charge >= 0.3 is 88.4 Å². The molecule has 0 heterocycles. The summed E-state index contributed by atoms with van der Waals surface area (Å²) in [5.41, 5.74) is 1.32. The molecular weight excluding hydrogens is 337 g/mol. The molecule has 0 radical (unpaired) electrons. The summed E-state index contributed by atoms with van der Waals surface area (Å²) in [6, 6.07) is 8.01. The van der Waals surface area contributed by atoms with Gasteiger partial charge in [0, 0.05) is 0 Å². The van der Waals surface area contributed by atoms with Crippen molar-refractivity contribution in [1.82, 2.24) is 0 Å². The van der Waals surface area contributed by atoms with E-state index in [9.17, 15) is 0 Å². The summed E-state index contributed by atoms with van der Waals surface area (Å²) in [4.78, 5) is 1.89.